The third-order valence-corrected chi connectivity index (χ3v) is 5.69. The van der Waals surface area contributed by atoms with E-state index in [0.29, 0.717) is 33.9 Å². The number of hydrogen-bond acceptors (Lipinski definition) is 6. The summed E-state index contributed by atoms with van der Waals surface area (Å²) in [5.41, 5.74) is 2.48. The van der Waals surface area contributed by atoms with Crippen LogP contribution in [0.3, 0.4) is 0 Å². The number of amides is 1. The number of hydrogen-bond donors (Lipinski definition) is 1. The van der Waals surface area contributed by atoms with Gasteiger partial charge in [0.25, 0.3) is 0 Å². The average molecular weight is 447 g/mol. The van der Waals surface area contributed by atoms with Crippen molar-refractivity contribution >= 4 is 35.0 Å². The molecule has 7 nitrogen and oxygen atoms in total. The van der Waals surface area contributed by atoms with E-state index in [2.05, 4.69) is 15.5 Å². The maximum atomic E-state index is 12.5. The van der Waals surface area contributed by atoms with Gasteiger partial charge in [0.1, 0.15) is 0 Å². The zero-order valence-corrected chi connectivity index (χ0v) is 18.8. The Bertz CT molecular complexity index is 1040. The Balaban J connectivity index is 1.70. The van der Waals surface area contributed by atoms with Gasteiger partial charge in [0, 0.05) is 28.9 Å². The third-order valence-electron chi connectivity index (χ3n) is 4.47. The number of carbonyl (C=O) groups excluding carboxylic acids is 1. The molecule has 0 spiro atoms. The monoisotopic (exact) mass is 446 g/mol. The van der Waals surface area contributed by atoms with Gasteiger partial charge in [-0.15, -0.1) is 10.2 Å². The van der Waals surface area contributed by atoms with Gasteiger partial charge in [0.15, 0.2) is 22.5 Å². The van der Waals surface area contributed by atoms with Gasteiger partial charge < -0.3 is 19.4 Å². The molecule has 9 heteroatoms. The minimum Gasteiger partial charge on any atom is -0.493 e. The number of ether oxygens (including phenoxy) is 2. The molecule has 0 radical (unpaired) electrons. The Morgan fingerprint density at radius 2 is 1.80 bits per heavy atom. The zero-order valence-electron chi connectivity index (χ0n) is 17.2. The number of halogens is 1. The zero-order chi connectivity index (χ0) is 21.7. The normalized spacial score (nSPS) is 10.7. The molecule has 1 heterocycles. The molecule has 2 aromatic carbocycles. The van der Waals surface area contributed by atoms with E-state index in [-0.39, 0.29) is 11.7 Å². The second kappa shape index (κ2) is 9.86. The highest BCUT2D eigenvalue weighted by Gasteiger charge is 2.16. The Labute approximate surface area is 184 Å². The van der Waals surface area contributed by atoms with E-state index in [1.54, 1.807) is 20.3 Å². The number of aryl methyl sites for hydroxylation is 1. The molecule has 0 aliphatic rings. The molecule has 0 aliphatic carbocycles. The summed E-state index contributed by atoms with van der Waals surface area (Å²) in [7, 11) is 3.14. The molecule has 1 aromatic heterocycles. The first kappa shape index (κ1) is 22.0. The minimum atomic E-state index is -0.144. The molecular weight excluding hydrogens is 424 g/mol. The fourth-order valence-electron chi connectivity index (χ4n) is 2.92. The van der Waals surface area contributed by atoms with Crippen LogP contribution in [0.4, 0.5) is 5.69 Å². The van der Waals surface area contributed by atoms with Crippen LogP contribution in [0.15, 0.2) is 41.6 Å². The van der Waals surface area contributed by atoms with E-state index >= 15 is 0 Å². The van der Waals surface area contributed by atoms with Crippen LogP contribution in [0.2, 0.25) is 5.02 Å². The second-order valence-electron chi connectivity index (χ2n) is 6.42. The lowest BCUT2D eigenvalue weighted by Crippen LogP contribution is -2.15. The van der Waals surface area contributed by atoms with Crippen LogP contribution in [-0.2, 0) is 11.3 Å². The van der Waals surface area contributed by atoms with Gasteiger partial charge in [-0.1, -0.05) is 23.4 Å². The summed E-state index contributed by atoms with van der Waals surface area (Å²) >= 11 is 7.31. The first-order valence-corrected chi connectivity index (χ1v) is 10.7. The largest absolute Gasteiger partial charge is 0.493 e. The summed E-state index contributed by atoms with van der Waals surface area (Å²) in [5.74, 6) is 1.98. The van der Waals surface area contributed by atoms with Crippen molar-refractivity contribution in [2.75, 3.05) is 25.3 Å². The van der Waals surface area contributed by atoms with Crippen molar-refractivity contribution < 1.29 is 14.3 Å². The number of aromatic nitrogens is 3. The number of nitrogens with zero attached hydrogens (tertiary/aromatic N) is 3. The Morgan fingerprint density at radius 1 is 1.13 bits per heavy atom. The van der Waals surface area contributed by atoms with E-state index in [9.17, 15) is 4.79 Å². The molecule has 0 saturated heterocycles. The number of thioether (sulfide) groups is 1. The van der Waals surface area contributed by atoms with Gasteiger partial charge in [-0.05, 0) is 49.7 Å². The van der Waals surface area contributed by atoms with Crippen LogP contribution in [0.25, 0.3) is 11.4 Å². The average Bonchev–Trinajstić information content (AvgIpc) is 3.16. The Hall–Kier alpha value is -2.71. The van der Waals surface area contributed by atoms with Crippen molar-refractivity contribution in [1.82, 2.24) is 14.8 Å². The van der Waals surface area contributed by atoms with Crippen molar-refractivity contribution in [2.45, 2.75) is 25.5 Å². The number of anilines is 1. The molecular formula is C21H23ClN4O3S. The van der Waals surface area contributed by atoms with Gasteiger partial charge in [0.05, 0.1) is 20.0 Å². The van der Waals surface area contributed by atoms with Gasteiger partial charge in [-0.3, -0.25) is 4.79 Å². The van der Waals surface area contributed by atoms with Crippen molar-refractivity contribution in [3.63, 3.8) is 0 Å². The number of nitrogens with one attached hydrogen (secondary N) is 1. The van der Waals surface area contributed by atoms with Crippen molar-refractivity contribution in [3.8, 4) is 22.9 Å². The van der Waals surface area contributed by atoms with Crippen molar-refractivity contribution in [2.24, 2.45) is 0 Å². The topological polar surface area (TPSA) is 78.3 Å². The van der Waals surface area contributed by atoms with Crippen LogP contribution >= 0.6 is 23.4 Å². The van der Waals surface area contributed by atoms with Gasteiger partial charge in [-0.2, -0.15) is 0 Å². The highest BCUT2D eigenvalue weighted by atomic mass is 35.5. The standard InChI is InChI=1S/C21H23ClN4O3S/c1-5-26-20(14-6-8-15(22)9-7-14)24-25-21(26)30-12-19(27)23-16-11-18(29-4)17(28-3)10-13(16)2/h6-11H,5,12H2,1-4H3,(H,23,27). The fourth-order valence-corrected chi connectivity index (χ4v) is 3.85. The molecule has 3 aromatic rings. The van der Waals surface area contributed by atoms with E-state index in [1.165, 1.54) is 11.8 Å². The van der Waals surface area contributed by atoms with Crippen LogP contribution in [0.5, 0.6) is 11.5 Å². The molecule has 0 saturated carbocycles. The summed E-state index contributed by atoms with van der Waals surface area (Å²) in [6.45, 7) is 4.60. The predicted molar refractivity (Wildman–Crippen MR) is 120 cm³/mol. The Morgan fingerprint density at radius 3 is 2.43 bits per heavy atom. The second-order valence-corrected chi connectivity index (χ2v) is 7.80. The van der Waals surface area contributed by atoms with Gasteiger partial charge in [-0.25, -0.2) is 0 Å². The number of rotatable bonds is 8. The molecule has 1 N–H and O–H groups in total. The molecule has 158 valence electrons. The molecule has 0 unspecified atom stereocenters. The molecule has 0 bridgehead atoms. The van der Waals surface area contributed by atoms with Crippen molar-refractivity contribution in [1.29, 1.82) is 0 Å². The van der Waals surface area contributed by atoms with Crippen LogP contribution in [0.1, 0.15) is 12.5 Å². The Kier molecular flexibility index (Phi) is 7.23. The lowest BCUT2D eigenvalue weighted by atomic mass is 10.1. The first-order chi connectivity index (χ1) is 14.5. The van der Waals surface area contributed by atoms with Crippen LogP contribution in [-0.4, -0.2) is 40.6 Å². The highest BCUT2D eigenvalue weighted by molar-refractivity contribution is 7.99. The molecule has 30 heavy (non-hydrogen) atoms. The third kappa shape index (κ3) is 4.88. The van der Waals surface area contributed by atoms with Crippen molar-refractivity contribution in [3.05, 3.63) is 47.0 Å². The quantitative estimate of drug-likeness (QED) is 0.506. The number of methoxy groups -OCH3 is 2. The number of carbonyl (C=O) groups is 1. The summed E-state index contributed by atoms with van der Waals surface area (Å²) in [6, 6.07) is 11.0. The maximum Gasteiger partial charge on any atom is 0.234 e. The molecule has 0 atom stereocenters. The predicted octanol–water partition coefficient (Wildman–Crippen LogP) is 4.67. The summed E-state index contributed by atoms with van der Waals surface area (Å²) in [6.07, 6.45) is 0. The van der Waals surface area contributed by atoms with E-state index < -0.39 is 0 Å². The van der Waals surface area contributed by atoms with Crippen LogP contribution < -0.4 is 14.8 Å². The summed E-state index contributed by atoms with van der Waals surface area (Å²) in [5, 5.41) is 12.8. The lowest BCUT2D eigenvalue weighted by Gasteiger charge is -2.13. The maximum absolute atomic E-state index is 12.5. The van der Waals surface area contributed by atoms with Crippen LogP contribution in [0, 0.1) is 6.92 Å². The van der Waals surface area contributed by atoms with E-state index in [1.807, 2.05) is 48.7 Å². The van der Waals surface area contributed by atoms with Gasteiger partial charge >= 0.3 is 0 Å². The fraction of sp³-hybridized carbons (Fsp3) is 0.286. The smallest absolute Gasteiger partial charge is 0.234 e. The number of benzene rings is 2. The first-order valence-electron chi connectivity index (χ1n) is 9.31. The lowest BCUT2D eigenvalue weighted by molar-refractivity contribution is -0.113. The molecule has 0 aliphatic heterocycles. The van der Waals surface area contributed by atoms with Gasteiger partial charge in [0.2, 0.25) is 5.91 Å². The van der Waals surface area contributed by atoms with E-state index in [0.717, 1.165) is 17.0 Å². The van der Waals surface area contributed by atoms with E-state index in [4.69, 9.17) is 21.1 Å². The summed E-state index contributed by atoms with van der Waals surface area (Å²) in [4.78, 5) is 12.5. The SMILES string of the molecule is CCn1c(SCC(=O)Nc2cc(OC)c(OC)cc2C)nnc1-c1ccc(Cl)cc1. The molecule has 0 fully saturated rings. The summed E-state index contributed by atoms with van der Waals surface area (Å²) < 4.78 is 12.6. The molecule has 3 rings (SSSR count). The highest BCUT2D eigenvalue weighted by Crippen LogP contribution is 2.33. The minimum absolute atomic E-state index is 0.144. The molecule has 1 amide bonds.